The molecule has 3 rings (SSSR count). The fraction of sp³-hybridized carbons (Fsp3) is 0.136. The van der Waals surface area contributed by atoms with Crippen molar-refractivity contribution < 1.29 is 14.3 Å². The summed E-state index contributed by atoms with van der Waals surface area (Å²) in [7, 11) is 3.10. The van der Waals surface area contributed by atoms with Crippen molar-refractivity contribution in [3.05, 3.63) is 90.0 Å². The van der Waals surface area contributed by atoms with Crippen LogP contribution in [0.1, 0.15) is 15.9 Å². The SMILES string of the molecule is COc1cccc(OC)c1C(=O)N(Cc1ccccc1)c1ccccc1. The molecule has 0 bridgehead atoms. The van der Waals surface area contributed by atoms with Crippen molar-refractivity contribution in [2.75, 3.05) is 19.1 Å². The molecule has 0 aromatic heterocycles. The van der Waals surface area contributed by atoms with Gasteiger partial charge < -0.3 is 14.4 Å². The molecule has 0 unspecified atom stereocenters. The number of hydrogen-bond donors (Lipinski definition) is 0. The van der Waals surface area contributed by atoms with E-state index >= 15 is 0 Å². The molecule has 0 N–H and O–H groups in total. The molecule has 3 aromatic rings. The van der Waals surface area contributed by atoms with Crippen LogP contribution in [0.5, 0.6) is 11.5 Å². The van der Waals surface area contributed by atoms with E-state index in [0.29, 0.717) is 23.6 Å². The van der Waals surface area contributed by atoms with E-state index in [1.807, 2.05) is 60.7 Å². The highest BCUT2D eigenvalue weighted by atomic mass is 16.5. The lowest BCUT2D eigenvalue weighted by Gasteiger charge is -2.25. The maximum Gasteiger partial charge on any atom is 0.266 e. The van der Waals surface area contributed by atoms with Crippen LogP contribution < -0.4 is 14.4 Å². The highest BCUT2D eigenvalue weighted by Crippen LogP contribution is 2.31. The Morgan fingerprint density at radius 1 is 0.769 bits per heavy atom. The quantitative estimate of drug-likeness (QED) is 0.656. The molecule has 26 heavy (non-hydrogen) atoms. The summed E-state index contributed by atoms with van der Waals surface area (Å²) in [6.45, 7) is 0.449. The summed E-state index contributed by atoms with van der Waals surface area (Å²) in [5.74, 6) is 0.807. The van der Waals surface area contributed by atoms with E-state index in [0.717, 1.165) is 11.3 Å². The Morgan fingerprint density at radius 3 is 1.85 bits per heavy atom. The Kier molecular flexibility index (Phi) is 5.54. The normalized spacial score (nSPS) is 10.2. The molecule has 3 aromatic carbocycles. The van der Waals surface area contributed by atoms with Crippen LogP contribution in [0, 0.1) is 0 Å². The van der Waals surface area contributed by atoms with Gasteiger partial charge in [0.1, 0.15) is 17.1 Å². The van der Waals surface area contributed by atoms with Gasteiger partial charge in [0.05, 0.1) is 20.8 Å². The molecule has 0 saturated heterocycles. The number of hydrogen-bond acceptors (Lipinski definition) is 3. The molecule has 0 aliphatic rings. The number of benzene rings is 3. The Morgan fingerprint density at radius 2 is 1.31 bits per heavy atom. The van der Waals surface area contributed by atoms with Crippen LogP contribution >= 0.6 is 0 Å². The third-order valence-electron chi connectivity index (χ3n) is 4.14. The summed E-state index contributed by atoms with van der Waals surface area (Å²) >= 11 is 0. The van der Waals surface area contributed by atoms with Gasteiger partial charge in [0.2, 0.25) is 0 Å². The number of carbonyl (C=O) groups excluding carboxylic acids is 1. The third-order valence-corrected chi connectivity index (χ3v) is 4.14. The molecule has 0 aliphatic heterocycles. The maximum atomic E-state index is 13.5. The second kappa shape index (κ2) is 8.21. The van der Waals surface area contributed by atoms with Crippen molar-refractivity contribution >= 4 is 11.6 Å². The van der Waals surface area contributed by atoms with Crippen molar-refractivity contribution in [3.63, 3.8) is 0 Å². The number of amides is 1. The minimum Gasteiger partial charge on any atom is -0.496 e. The summed E-state index contributed by atoms with van der Waals surface area (Å²) in [5, 5.41) is 0. The number of rotatable bonds is 6. The van der Waals surface area contributed by atoms with Gasteiger partial charge in [0.15, 0.2) is 0 Å². The van der Waals surface area contributed by atoms with Crippen molar-refractivity contribution in [2.45, 2.75) is 6.54 Å². The standard InChI is InChI=1S/C22H21NO3/c1-25-19-14-9-15-20(26-2)21(19)22(24)23(18-12-7-4-8-13-18)16-17-10-5-3-6-11-17/h3-15H,16H2,1-2H3. The van der Waals surface area contributed by atoms with Gasteiger partial charge in [-0.2, -0.15) is 0 Å². The number of carbonyl (C=O) groups is 1. The van der Waals surface area contributed by atoms with Gasteiger partial charge in [-0.25, -0.2) is 0 Å². The molecule has 132 valence electrons. The molecule has 0 heterocycles. The largest absolute Gasteiger partial charge is 0.496 e. The van der Waals surface area contributed by atoms with Gasteiger partial charge in [-0.15, -0.1) is 0 Å². The Balaban J connectivity index is 2.06. The van der Waals surface area contributed by atoms with E-state index < -0.39 is 0 Å². The molecule has 0 radical (unpaired) electrons. The summed E-state index contributed by atoms with van der Waals surface area (Å²) in [5.41, 5.74) is 2.27. The monoisotopic (exact) mass is 347 g/mol. The third kappa shape index (κ3) is 3.70. The highest BCUT2D eigenvalue weighted by molar-refractivity contribution is 6.09. The molecular formula is C22H21NO3. The van der Waals surface area contributed by atoms with E-state index in [1.165, 1.54) is 0 Å². The first-order chi connectivity index (χ1) is 12.7. The van der Waals surface area contributed by atoms with E-state index in [-0.39, 0.29) is 5.91 Å². The topological polar surface area (TPSA) is 38.8 Å². The number of methoxy groups -OCH3 is 2. The summed E-state index contributed by atoms with van der Waals surface area (Å²) in [6.07, 6.45) is 0. The first-order valence-electron chi connectivity index (χ1n) is 8.36. The molecule has 0 saturated carbocycles. The van der Waals surface area contributed by atoms with Gasteiger partial charge in [-0.05, 0) is 29.8 Å². The lowest BCUT2D eigenvalue weighted by molar-refractivity contribution is 0.0979. The predicted octanol–water partition coefficient (Wildman–Crippen LogP) is 4.55. The molecule has 4 heteroatoms. The molecule has 0 spiro atoms. The van der Waals surface area contributed by atoms with Gasteiger partial charge in [-0.1, -0.05) is 54.6 Å². The zero-order valence-corrected chi connectivity index (χ0v) is 14.9. The molecular weight excluding hydrogens is 326 g/mol. The van der Waals surface area contributed by atoms with Crippen LogP contribution in [0.15, 0.2) is 78.9 Å². The number of anilines is 1. The lowest BCUT2D eigenvalue weighted by atomic mass is 10.1. The smallest absolute Gasteiger partial charge is 0.266 e. The van der Waals surface area contributed by atoms with E-state index in [1.54, 1.807) is 37.3 Å². The Bertz CT molecular complexity index is 841. The minimum atomic E-state index is -0.172. The van der Waals surface area contributed by atoms with E-state index in [9.17, 15) is 4.79 Å². The van der Waals surface area contributed by atoms with Gasteiger partial charge >= 0.3 is 0 Å². The van der Waals surface area contributed by atoms with Crippen molar-refractivity contribution in [1.29, 1.82) is 0 Å². The minimum absolute atomic E-state index is 0.172. The van der Waals surface area contributed by atoms with Crippen LogP contribution in [-0.2, 0) is 6.54 Å². The number of ether oxygens (including phenoxy) is 2. The zero-order valence-electron chi connectivity index (χ0n) is 14.9. The van der Waals surface area contributed by atoms with Gasteiger partial charge in [0.25, 0.3) is 5.91 Å². The van der Waals surface area contributed by atoms with Gasteiger partial charge in [0, 0.05) is 5.69 Å². The van der Waals surface area contributed by atoms with Crippen LogP contribution in [0.4, 0.5) is 5.69 Å². The number of nitrogens with zero attached hydrogens (tertiary/aromatic N) is 1. The molecule has 0 aliphatic carbocycles. The van der Waals surface area contributed by atoms with Crippen molar-refractivity contribution in [2.24, 2.45) is 0 Å². The van der Waals surface area contributed by atoms with Crippen LogP contribution in [0.2, 0.25) is 0 Å². The Labute approximate surface area is 153 Å². The molecule has 0 fully saturated rings. The maximum absolute atomic E-state index is 13.5. The fourth-order valence-corrected chi connectivity index (χ4v) is 2.85. The molecule has 0 atom stereocenters. The number of para-hydroxylation sites is 1. The fourth-order valence-electron chi connectivity index (χ4n) is 2.85. The lowest BCUT2D eigenvalue weighted by Crippen LogP contribution is -2.31. The van der Waals surface area contributed by atoms with Crippen LogP contribution in [0.3, 0.4) is 0 Å². The van der Waals surface area contributed by atoms with Gasteiger partial charge in [-0.3, -0.25) is 4.79 Å². The molecule has 1 amide bonds. The first kappa shape index (κ1) is 17.5. The van der Waals surface area contributed by atoms with Crippen molar-refractivity contribution in [1.82, 2.24) is 0 Å². The second-order valence-electron chi connectivity index (χ2n) is 5.75. The first-order valence-corrected chi connectivity index (χ1v) is 8.36. The van der Waals surface area contributed by atoms with E-state index in [2.05, 4.69) is 0 Å². The highest BCUT2D eigenvalue weighted by Gasteiger charge is 2.25. The average Bonchev–Trinajstić information content (AvgIpc) is 2.72. The summed E-state index contributed by atoms with van der Waals surface area (Å²) < 4.78 is 10.8. The second-order valence-corrected chi connectivity index (χ2v) is 5.75. The summed E-state index contributed by atoms with van der Waals surface area (Å²) in [6, 6.07) is 24.8. The molecule has 4 nitrogen and oxygen atoms in total. The van der Waals surface area contributed by atoms with Crippen LogP contribution in [0.25, 0.3) is 0 Å². The predicted molar refractivity (Wildman–Crippen MR) is 103 cm³/mol. The Hall–Kier alpha value is -3.27. The van der Waals surface area contributed by atoms with Crippen LogP contribution in [-0.4, -0.2) is 20.1 Å². The zero-order chi connectivity index (χ0) is 18.4. The van der Waals surface area contributed by atoms with Crippen molar-refractivity contribution in [3.8, 4) is 11.5 Å². The van der Waals surface area contributed by atoms with E-state index in [4.69, 9.17) is 9.47 Å². The summed E-state index contributed by atoms with van der Waals surface area (Å²) in [4.78, 5) is 15.2. The average molecular weight is 347 g/mol.